The Morgan fingerprint density at radius 2 is 1.72 bits per heavy atom. The Morgan fingerprint density at radius 1 is 1.04 bits per heavy atom. The second kappa shape index (κ2) is 7.12. The molecule has 2 aromatic rings. The maximum Gasteiger partial charge on any atom is 0.337 e. The number of hydrogen-bond donors (Lipinski definition) is 2. The lowest BCUT2D eigenvalue weighted by molar-refractivity contribution is -0.116. The van der Waals surface area contributed by atoms with Gasteiger partial charge >= 0.3 is 5.97 Å². The summed E-state index contributed by atoms with van der Waals surface area (Å²) in [5.41, 5.74) is 1.80. The van der Waals surface area contributed by atoms with E-state index >= 15 is 0 Å². The third-order valence-corrected chi connectivity index (χ3v) is 3.72. The standard InChI is InChI=1S/C18H18N2O5/c1-11(19-13-5-3-12(4-6-13)18(22)23-2)17(21)20-14-7-8-15-16(9-14)25-10-24-15/h3-9,11,19H,10H2,1-2H3,(H,20,21)/t11-/m1/s1. The van der Waals surface area contributed by atoms with Crippen molar-refractivity contribution in [1.82, 2.24) is 0 Å². The number of anilines is 2. The summed E-state index contributed by atoms with van der Waals surface area (Å²) in [7, 11) is 1.33. The number of amides is 1. The number of nitrogens with one attached hydrogen (secondary N) is 2. The second-order valence-corrected chi connectivity index (χ2v) is 5.49. The van der Waals surface area contributed by atoms with E-state index in [9.17, 15) is 9.59 Å². The van der Waals surface area contributed by atoms with Gasteiger partial charge in [0.15, 0.2) is 11.5 Å². The van der Waals surface area contributed by atoms with Crippen LogP contribution in [0.15, 0.2) is 42.5 Å². The largest absolute Gasteiger partial charge is 0.465 e. The van der Waals surface area contributed by atoms with Gasteiger partial charge in [-0.1, -0.05) is 0 Å². The Balaban J connectivity index is 1.60. The van der Waals surface area contributed by atoms with Crippen molar-refractivity contribution in [2.45, 2.75) is 13.0 Å². The van der Waals surface area contributed by atoms with Crippen molar-refractivity contribution in [2.24, 2.45) is 0 Å². The van der Waals surface area contributed by atoms with Crippen LogP contribution >= 0.6 is 0 Å². The topological polar surface area (TPSA) is 85.9 Å². The molecule has 0 saturated heterocycles. The number of esters is 1. The van der Waals surface area contributed by atoms with E-state index in [1.165, 1.54) is 7.11 Å². The number of ether oxygens (including phenoxy) is 3. The lowest BCUT2D eigenvalue weighted by atomic mass is 10.2. The van der Waals surface area contributed by atoms with Crippen molar-refractivity contribution in [2.75, 3.05) is 24.5 Å². The summed E-state index contributed by atoms with van der Waals surface area (Å²) in [5, 5.41) is 5.90. The van der Waals surface area contributed by atoms with Gasteiger partial charge in [0.2, 0.25) is 12.7 Å². The number of hydrogen-bond acceptors (Lipinski definition) is 6. The first kappa shape index (κ1) is 16.6. The van der Waals surface area contributed by atoms with Crippen LogP contribution in [0.3, 0.4) is 0 Å². The molecule has 2 N–H and O–H groups in total. The van der Waals surface area contributed by atoms with Crippen molar-refractivity contribution in [3.63, 3.8) is 0 Å². The van der Waals surface area contributed by atoms with Crippen LogP contribution in [0.25, 0.3) is 0 Å². The molecule has 25 heavy (non-hydrogen) atoms. The summed E-state index contributed by atoms with van der Waals surface area (Å²) < 4.78 is 15.2. The minimum absolute atomic E-state index is 0.187. The van der Waals surface area contributed by atoms with Crippen molar-refractivity contribution < 1.29 is 23.8 Å². The molecule has 1 amide bonds. The van der Waals surface area contributed by atoms with Crippen molar-refractivity contribution in [3.8, 4) is 11.5 Å². The van der Waals surface area contributed by atoms with Crippen LogP contribution in [0.1, 0.15) is 17.3 Å². The molecule has 1 heterocycles. The highest BCUT2D eigenvalue weighted by molar-refractivity contribution is 5.96. The molecule has 1 aliphatic heterocycles. The highest BCUT2D eigenvalue weighted by Gasteiger charge is 2.17. The Labute approximate surface area is 144 Å². The van der Waals surface area contributed by atoms with Gasteiger partial charge in [-0.2, -0.15) is 0 Å². The highest BCUT2D eigenvalue weighted by Crippen LogP contribution is 2.34. The van der Waals surface area contributed by atoms with Crippen LogP contribution in [0.5, 0.6) is 11.5 Å². The van der Waals surface area contributed by atoms with Gasteiger partial charge in [0.25, 0.3) is 0 Å². The van der Waals surface area contributed by atoms with E-state index < -0.39 is 12.0 Å². The van der Waals surface area contributed by atoms with E-state index in [1.807, 2.05) is 0 Å². The molecule has 0 aliphatic carbocycles. The maximum atomic E-state index is 12.3. The fraction of sp³-hybridized carbons (Fsp3) is 0.222. The first-order valence-electron chi connectivity index (χ1n) is 7.72. The van der Waals surface area contributed by atoms with Gasteiger partial charge in [-0.3, -0.25) is 4.79 Å². The lowest BCUT2D eigenvalue weighted by Gasteiger charge is -2.15. The van der Waals surface area contributed by atoms with Gasteiger partial charge in [-0.25, -0.2) is 4.79 Å². The molecule has 0 fully saturated rings. The van der Waals surface area contributed by atoms with Crippen LogP contribution < -0.4 is 20.1 Å². The number of fused-ring (bicyclic) bond motifs is 1. The molecule has 0 aromatic heterocycles. The van der Waals surface area contributed by atoms with Crippen LogP contribution in [0.2, 0.25) is 0 Å². The van der Waals surface area contributed by atoms with E-state index in [0.717, 1.165) is 5.69 Å². The third kappa shape index (κ3) is 3.82. The van der Waals surface area contributed by atoms with E-state index in [-0.39, 0.29) is 12.7 Å². The summed E-state index contributed by atoms with van der Waals surface area (Å²) in [6.45, 7) is 1.93. The Morgan fingerprint density at radius 3 is 2.44 bits per heavy atom. The monoisotopic (exact) mass is 342 g/mol. The van der Waals surface area contributed by atoms with Gasteiger partial charge < -0.3 is 24.8 Å². The Kier molecular flexibility index (Phi) is 4.74. The summed E-state index contributed by atoms with van der Waals surface area (Å²) >= 11 is 0. The number of benzene rings is 2. The fourth-order valence-corrected chi connectivity index (χ4v) is 2.36. The van der Waals surface area contributed by atoms with E-state index in [2.05, 4.69) is 15.4 Å². The quantitative estimate of drug-likeness (QED) is 0.813. The van der Waals surface area contributed by atoms with Crippen molar-refractivity contribution in [3.05, 3.63) is 48.0 Å². The van der Waals surface area contributed by atoms with Gasteiger partial charge in [0.05, 0.1) is 12.7 Å². The van der Waals surface area contributed by atoms with Gasteiger partial charge in [0.1, 0.15) is 6.04 Å². The molecule has 1 aliphatic rings. The summed E-state index contributed by atoms with van der Waals surface area (Å²) in [6.07, 6.45) is 0. The van der Waals surface area contributed by atoms with Crippen molar-refractivity contribution >= 4 is 23.3 Å². The molecule has 0 radical (unpaired) electrons. The first-order valence-corrected chi connectivity index (χ1v) is 7.72. The molecule has 0 unspecified atom stereocenters. The smallest absolute Gasteiger partial charge is 0.337 e. The summed E-state index contributed by atoms with van der Waals surface area (Å²) in [4.78, 5) is 23.7. The van der Waals surface area contributed by atoms with Crippen LogP contribution in [-0.2, 0) is 9.53 Å². The number of carbonyl (C=O) groups is 2. The first-order chi connectivity index (χ1) is 12.1. The zero-order valence-electron chi connectivity index (χ0n) is 13.9. The Bertz CT molecular complexity index is 789. The second-order valence-electron chi connectivity index (χ2n) is 5.49. The average Bonchev–Trinajstić information content (AvgIpc) is 3.09. The number of carbonyl (C=O) groups excluding carboxylic acids is 2. The number of methoxy groups -OCH3 is 1. The van der Waals surface area contributed by atoms with E-state index in [1.54, 1.807) is 49.4 Å². The molecule has 7 nitrogen and oxygen atoms in total. The molecule has 2 aromatic carbocycles. The van der Waals surface area contributed by atoms with E-state index in [0.29, 0.717) is 22.7 Å². The minimum Gasteiger partial charge on any atom is -0.465 e. The normalized spacial score (nSPS) is 13.0. The molecule has 1 atom stereocenters. The van der Waals surface area contributed by atoms with Crippen LogP contribution in [0, 0.1) is 0 Å². The highest BCUT2D eigenvalue weighted by atomic mass is 16.7. The van der Waals surface area contributed by atoms with Gasteiger partial charge in [0, 0.05) is 17.4 Å². The molecule has 3 rings (SSSR count). The van der Waals surface area contributed by atoms with Gasteiger partial charge in [-0.15, -0.1) is 0 Å². The van der Waals surface area contributed by atoms with Crippen LogP contribution in [0.4, 0.5) is 11.4 Å². The third-order valence-electron chi connectivity index (χ3n) is 3.72. The molecule has 0 spiro atoms. The molecule has 0 bridgehead atoms. The van der Waals surface area contributed by atoms with Crippen molar-refractivity contribution in [1.29, 1.82) is 0 Å². The van der Waals surface area contributed by atoms with Gasteiger partial charge in [-0.05, 0) is 43.3 Å². The number of rotatable bonds is 5. The predicted molar refractivity (Wildman–Crippen MR) is 92.1 cm³/mol. The average molecular weight is 342 g/mol. The molecule has 7 heteroatoms. The Hall–Kier alpha value is -3.22. The minimum atomic E-state index is -0.477. The maximum absolute atomic E-state index is 12.3. The fourth-order valence-electron chi connectivity index (χ4n) is 2.36. The van der Waals surface area contributed by atoms with Crippen LogP contribution in [-0.4, -0.2) is 31.8 Å². The molecular weight excluding hydrogens is 324 g/mol. The molecular formula is C18H18N2O5. The zero-order valence-corrected chi connectivity index (χ0v) is 13.9. The summed E-state index contributed by atoms with van der Waals surface area (Å²) in [5.74, 6) is 0.669. The summed E-state index contributed by atoms with van der Waals surface area (Å²) in [6, 6.07) is 11.5. The SMILES string of the molecule is COC(=O)c1ccc(N[C@H](C)C(=O)Nc2ccc3c(c2)OCO3)cc1. The lowest BCUT2D eigenvalue weighted by Crippen LogP contribution is -2.31. The zero-order chi connectivity index (χ0) is 17.8. The molecule has 130 valence electrons. The molecule has 0 saturated carbocycles. The predicted octanol–water partition coefficient (Wildman–Crippen LogP) is 2.64. The van der Waals surface area contributed by atoms with E-state index in [4.69, 9.17) is 9.47 Å².